The van der Waals surface area contributed by atoms with Gasteiger partial charge in [-0.3, -0.25) is 0 Å². The van der Waals surface area contributed by atoms with Gasteiger partial charge in [0.15, 0.2) is 23.1 Å². The van der Waals surface area contributed by atoms with Gasteiger partial charge in [0, 0.05) is 11.1 Å². The number of halogens is 2. The molecule has 1 heterocycles. The molecule has 2 aromatic carbocycles. The van der Waals surface area contributed by atoms with E-state index in [-0.39, 0.29) is 6.79 Å². The molecule has 1 aliphatic heterocycles. The van der Waals surface area contributed by atoms with Crippen LogP contribution in [0.3, 0.4) is 0 Å². The second-order valence-corrected chi connectivity index (χ2v) is 4.63. The van der Waals surface area contributed by atoms with E-state index >= 15 is 0 Å². The normalized spacial score (nSPS) is 12.7. The summed E-state index contributed by atoms with van der Waals surface area (Å²) < 4.78 is 36.4. The minimum absolute atomic E-state index is 0.261. The van der Waals surface area contributed by atoms with Crippen molar-refractivity contribution < 1.29 is 23.6 Å². The average Bonchev–Trinajstić information content (AvgIpc) is 2.90. The van der Waals surface area contributed by atoms with Crippen molar-refractivity contribution >= 4 is 0 Å². The van der Waals surface area contributed by atoms with E-state index in [0.29, 0.717) is 6.54 Å². The summed E-state index contributed by atoms with van der Waals surface area (Å²) >= 11 is 0. The Morgan fingerprint density at radius 1 is 0.850 bits per heavy atom. The summed E-state index contributed by atoms with van der Waals surface area (Å²) in [5, 5.41) is 2.02. The lowest BCUT2D eigenvalue weighted by Crippen LogP contribution is -2.80. The maximum absolute atomic E-state index is 13.1. The fraction of sp³-hybridized carbons (Fsp3) is 0.200. The Morgan fingerprint density at radius 3 is 2.35 bits per heavy atom. The highest BCUT2D eigenvalue weighted by Gasteiger charge is 2.13. The molecule has 0 aliphatic carbocycles. The highest BCUT2D eigenvalue weighted by atomic mass is 19.2. The fourth-order valence-corrected chi connectivity index (χ4v) is 2.14. The SMILES string of the molecule is Fc1ccc(C[NH2+]Cc2ccc3c(c2)OCO3)cc1F. The molecule has 0 spiro atoms. The molecular formula is C15H14F2NO2+. The van der Waals surface area contributed by atoms with E-state index in [0.717, 1.165) is 35.2 Å². The van der Waals surface area contributed by atoms with Crippen molar-refractivity contribution in [2.45, 2.75) is 13.1 Å². The van der Waals surface area contributed by atoms with Gasteiger partial charge in [0.2, 0.25) is 6.79 Å². The smallest absolute Gasteiger partial charge is 0.231 e. The maximum atomic E-state index is 13.1. The number of ether oxygens (including phenoxy) is 2. The van der Waals surface area contributed by atoms with E-state index in [1.807, 2.05) is 23.5 Å². The Kier molecular flexibility index (Phi) is 3.52. The highest BCUT2D eigenvalue weighted by molar-refractivity contribution is 5.44. The van der Waals surface area contributed by atoms with Crippen LogP contribution in [0.1, 0.15) is 11.1 Å². The fourth-order valence-electron chi connectivity index (χ4n) is 2.14. The number of rotatable bonds is 4. The molecular weight excluding hydrogens is 264 g/mol. The van der Waals surface area contributed by atoms with Gasteiger partial charge < -0.3 is 14.8 Å². The van der Waals surface area contributed by atoms with E-state index in [4.69, 9.17) is 9.47 Å². The van der Waals surface area contributed by atoms with Crippen molar-refractivity contribution in [2.75, 3.05) is 6.79 Å². The molecule has 3 rings (SSSR count). The molecule has 2 aromatic rings. The zero-order valence-electron chi connectivity index (χ0n) is 10.7. The van der Waals surface area contributed by atoms with Crippen LogP contribution in [0.5, 0.6) is 11.5 Å². The Hall–Kier alpha value is -2.14. The molecule has 20 heavy (non-hydrogen) atoms. The van der Waals surface area contributed by atoms with Crippen LogP contribution in [0.4, 0.5) is 8.78 Å². The Morgan fingerprint density at radius 2 is 1.55 bits per heavy atom. The minimum atomic E-state index is -0.815. The summed E-state index contributed by atoms with van der Waals surface area (Å²) in [5.41, 5.74) is 1.85. The Labute approximate surface area is 115 Å². The molecule has 2 N–H and O–H groups in total. The predicted molar refractivity (Wildman–Crippen MR) is 68.3 cm³/mol. The largest absolute Gasteiger partial charge is 0.454 e. The van der Waals surface area contributed by atoms with Crippen LogP contribution < -0.4 is 14.8 Å². The second-order valence-electron chi connectivity index (χ2n) is 4.63. The Bertz CT molecular complexity index is 631. The number of hydrogen-bond donors (Lipinski definition) is 1. The van der Waals surface area contributed by atoms with Gasteiger partial charge >= 0.3 is 0 Å². The average molecular weight is 278 g/mol. The molecule has 0 unspecified atom stereocenters. The van der Waals surface area contributed by atoms with Crippen LogP contribution in [0.15, 0.2) is 36.4 Å². The first-order valence-electron chi connectivity index (χ1n) is 6.36. The minimum Gasteiger partial charge on any atom is -0.454 e. The van der Waals surface area contributed by atoms with Gasteiger partial charge in [0.05, 0.1) is 0 Å². The van der Waals surface area contributed by atoms with Gasteiger partial charge in [0.1, 0.15) is 13.1 Å². The molecule has 0 atom stereocenters. The summed E-state index contributed by atoms with van der Waals surface area (Å²) in [6, 6.07) is 9.75. The van der Waals surface area contributed by atoms with Gasteiger partial charge in [-0.25, -0.2) is 8.78 Å². The lowest BCUT2D eigenvalue weighted by molar-refractivity contribution is -0.686. The quantitative estimate of drug-likeness (QED) is 0.928. The molecule has 0 amide bonds. The first kappa shape index (κ1) is 12.9. The molecule has 0 saturated heterocycles. The molecule has 0 radical (unpaired) electrons. The van der Waals surface area contributed by atoms with Crippen molar-refractivity contribution in [3.63, 3.8) is 0 Å². The molecule has 0 saturated carbocycles. The number of nitrogens with two attached hydrogens (primary N) is 1. The van der Waals surface area contributed by atoms with Crippen LogP contribution in [-0.2, 0) is 13.1 Å². The third kappa shape index (κ3) is 2.72. The molecule has 104 valence electrons. The number of hydrogen-bond acceptors (Lipinski definition) is 2. The van der Waals surface area contributed by atoms with E-state index in [1.54, 1.807) is 6.07 Å². The monoisotopic (exact) mass is 278 g/mol. The summed E-state index contributed by atoms with van der Waals surface area (Å²) in [5.74, 6) is -0.110. The van der Waals surface area contributed by atoms with Crippen molar-refractivity contribution in [1.82, 2.24) is 0 Å². The first-order chi connectivity index (χ1) is 9.72. The lowest BCUT2D eigenvalue weighted by Gasteiger charge is -2.04. The summed E-state index contributed by atoms with van der Waals surface area (Å²) in [4.78, 5) is 0. The van der Waals surface area contributed by atoms with Crippen molar-refractivity contribution in [3.8, 4) is 11.5 Å². The molecule has 3 nitrogen and oxygen atoms in total. The van der Waals surface area contributed by atoms with E-state index in [1.165, 1.54) is 6.07 Å². The number of fused-ring (bicyclic) bond motifs is 1. The lowest BCUT2D eigenvalue weighted by atomic mass is 10.2. The molecule has 0 bridgehead atoms. The Balaban J connectivity index is 1.58. The van der Waals surface area contributed by atoms with Crippen molar-refractivity contribution in [1.29, 1.82) is 0 Å². The van der Waals surface area contributed by atoms with Crippen LogP contribution in [0, 0.1) is 11.6 Å². The van der Waals surface area contributed by atoms with Gasteiger partial charge in [-0.2, -0.15) is 0 Å². The molecule has 0 fully saturated rings. The third-order valence-corrected chi connectivity index (χ3v) is 3.18. The van der Waals surface area contributed by atoms with Gasteiger partial charge in [-0.05, 0) is 30.3 Å². The van der Waals surface area contributed by atoms with Crippen molar-refractivity contribution in [3.05, 3.63) is 59.2 Å². The summed E-state index contributed by atoms with van der Waals surface area (Å²) in [6.45, 7) is 1.58. The van der Waals surface area contributed by atoms with E-state index in [9.17, 15) is 8.78 Å². The molecule has 5 heteroatoms. The highest BCUT2D eigenvalue weighted by Crippen LogP contribution is 2.32. The van der Waals surface area contributed by atoms with Crippen molar-refractivity contribution in [2.24, 2.45) is 0 Å². The predicted octanol–water partition coefficient (Wildman–Crippen LogP) is 1.96. The first-order valence-corrected chi connectivity index (χ1v) is 6.36. The van der Waals surface area contributed by atoms with Gasteiger partial charge in [-0.15, -0.1) is 0 Å². The van der Waals surface area contributed by atoms with Crippen LogP contribution in [0.25, 0.3) is 0 Å². The summed E-state index contributed by atoms with van der Waals surface area (Å²) in [7, 11) is 0. The van der Waals surface area contributed by atoms with Gasteiger partial charge in [0.25, 0.3) is 0 Å². The van der Waals surface area contributed by atoms with Gasteiger partial charge in [-0.1, -0.05) is 6.07 Å². The zero-order chi connectivity index (χ0) is 13.9. The topological polar surface area (TPSA) is 35.1 Å². The third-order valence-electron chi connectivity index (χ3n) is 3.18. The number of quaternary nitrogens is 1. The molecule has 1 aliphatic rings. The van der Waals surface area contributed by atoms with Crippen LogP contribution in [-0.4, -0.2) is 6.79 Å². The zero-order valence-corrected chi connectivity index (χ0v) is 10.7. The standard InChI is InChI=1S/C15H13F2NO2/c16-12-3-1-10(5-13(12)17)7-18-8-11-2-4-14-15(6-11)20-9-19-14/h1-6,18H,7-9H2/p+1. The van der Waals surface area contributed by atoms with E-state index in [2.05, 4.69) is 0 Å². The van der Waals surface area contributed by atoms with E-state index < -0.39 is 11.6 Å². The number of benzene rings is 2. The van der Waals surface area contributed by atoms with Crippen LogP contribution >= 0.6 is 0 Å². The summed E-state index contributed by atoms with van der Waals surface area (Å²) in [6.07, 6.45) is 0. The van der Waals surface area contributed by atoms with Crippen LogP contribution in [0.2, 0.25) is 0 Å². The second kappa shape index (κ2) is 5.46. The maximum Gasteiger partial charge on any atom is 0.231 e. The molecule has 0 aromatic heterocycles.